The molecule has 21 heavy (non-hydrogen) atoms. The van der Waals surface area contributed by atoms with Crippen LogP contribution in [-0.4, -0.2) is 15.2 Å². The molecule has 4 heteroatoms. The fourth-order valence-electron chi connectivity index (χ4n) is 2.43. The molecule has 0 bridgehead atoms. The van der Waals surface area contributed by atoms with Crippen LogP contribution in [0.1, 0.15) is 35.7 Å². The zero-order chi connectivity index (χ0) is 14.5. The standard InChI is InChI=1S/C17H18N4/c1-13(16-11-19-20-12-16)21-17(14-5-3-2-4-6-14)15-7-9-18-10-8-15/h2-13,17,21H,1H3,(H,19,20). The largest absolute Gasteiger partial charge is 0.299 e. The molecular weight excluding hydrogens is 260 g/mol. The summed E-state index contributed by atoms with van der Waals surface area (Å²) in [6.45, 7) is 2.14. The van der Waals surface area contributed by atoms with Gasteiger partial charge in [0, 0.05) is 30.2 Å². The second-order valence-corrected chi connectivity index (χ2v) is 5.04. The molecule has 2 heterocycles. The van der Waals surface area contributed by atoms with Gasteiger partial charge < -0.3 is 0 Å². The molecule has 2 N–H and O–H groups in total. The van der Waals surface area contributed by atoms with Gasteiger partial charge in [-0.15, -0.1) is 0 Å². The number of pyridine rings is 1. The number of nitrogens with one attached hydrogen (secondary N) is 2. The lowest BCUT2D eigenvalue weighted by Crippen LogP contribution is -2.25. The lowest BCUT2D eigenvalue weighted by molar-refractivity contribution is 0.516. The average molecular weight is 278 g/mol. The quantitative estimate of drug-likeness (QED) is 0.753. The first-order chi connectivity index (χ1) is 10.3. The van der Waals surface area contributed by atoms with E-state index >= 15 is 0 Å². The number of benzene rings is 1. The van der Waals surface area contributed by atoms with Crippen molar-refractivity contribution in [1.29, 1.82) is 0 Å². The Hall–Kier alpha value is -2.46. The number of nitrogens with zero attached hydrogens (tertiary/aromatic N) is 2. The highest BCUT2D eigenvalue weighted by Gasteiger charge is 2.17. The second-order valence-electron chi connectivity index (χ2n) is 5.04. The van der Waals surface area contributed by atoms with Gasteiger partial charge in [-0.05, 0) is 30.2 Å². The highest BCUT2D eigenvalue weighted by molar-refractivity contribution is 5.31. The lowest BCUT2D eigenvalue weighted by atomic mass is 9.98. The predicted octanol–water partition coefficient (Wildman–Crippen LogP) is 3.24. The van der Waals surface area contributed by atoms with Crippen molar-refractivity contribution in [2.45, 2.75) is 19.0 Å². The smallest absolute Gasteiger partial charge is 0.0582 e. The zero-order valence-corrected chi connectivity index (χ0v) is 11.9. The molecule has 0 saturated carbocycles. The van der Waals surface area contributed by atoms with Crippen LogP contribution in [0.2, 0.25) is 0 Å². The number of hydrogen-bond donors (Lipinski definition) is 2. The minimum absolute atomic E-state index is 0.124. The molecule has 0 saturated heterocycles. The third kappa shape index (κ3) is 3.17. The van der Waals surface area contributed by atoms with Crippen molar-refractivity contribution < 1.29 is 0 Å². The minimum atomic E-state index is 0.124. The zero-order valence-electron chi connectivity index (χ0n) is 11.9. The molecule has 2 unspecified atom stereocenters. The van der Waals surface area contributed by atoms with E-state index in [1.165, 1.54) is 11.1 Å². The normalized spacial score (nSPS) is 13.8. The van der Waals surface area contributed by atoms with Crippen LogP contribution in [0.15, 0.2) is 67.3 Å². The van der Waals surface area contributed by atoms with Gasteiger partial charge in [-0.3, -0.25) is 15.4 Å². The Bertz CT molecular complexity index is 610. The highest BCUT2D eigenvalue weighted by atomic mass is 15.1. The fourth-order valence-corrected chi connectivity index (χ4v) is 2.43. The summed E-state index contributed by atoms with van der Waals surface area (Å²) in [5.74, 6) is 0. The van der Waals surface area contributed by atoms with Gasteiger partial charge in [-0.2, -0.15) is 5.10 Å². The highest BCUT2D eigenvalue weighted by Crippen LogP contribution is 2.25. The van der Waals surface area contributed by atoms with E-state index in [9.17, 15) is 0 Å². The van der Waals surface area contributed by atoms with Gasteiger partial charge in [0.25, 0.3) is 0 Å². The van der Waals surface area contributed by atoms with Gasteiger partial charge in [-0.1, -0.05) is 30.3 Å². The Labute approximate surface area is 124 Å². The molecule has 2 aromatic heterocycles. The first-order valence-electron chi connectivity index (χ1n) is 7.04. The molecule has 106 valence electrons. The molecule has 2 atom stereocenters. The molecule has 0 fully saturated rings. The number of rotatable bonds is 5. The van der Waals surface area contributed by atoms with E-state index in [1.54, 1.807) is 0 Å². The van der Waals surface area contributed by atoms with Crippen LogP contribution in [0.4, 0.5) is 0 Å². The molecule has 0 amide bonds. The van der Waals surface area contributed by atoms with Crippen LogP contribution in [0.3, 0.4) is 0 Å². The van der Waals surface area contributed by atoms with E-state index in [2.05, 4.69) is 51.7 Å². The third-order valence-corrected chi connectivity index (χ3v) is 3.61. The van der Waals surface area contributed by atoms with Gasteiger partial charge in [0.05, 0.1) is 12.2 Å². The summed E-state index contributed by atoms with van der Waals surface area (Å²) in [7, 11) is 0. The Morgan fingerprint density at radius 2 is 1.67 bits per heavy atom. The van der Waals surface area contributed by atoms with Crippen LogP contribution < -0.4 is 5.32 Å². The topological polar surface area (TPSA) is 53.6 Å². The lowest BCUT2D eigenvalue weighted by Gasteiger charge is -2.23. The molecule has 0 spiro atoms. The summed E-state index contributed by atoms with van der Waals surface area (Å²) in [6.07, 6.45) is 7.43. The van der Waals surface area contributed by atoms with E-state index in [0.29, 0.717) is 0 Å². The maximum absolute atomic E-state index is 4.11. The fraction of sp³-hybridized carbons (Fsp3) is 0.176. The van der Waals surface area contributed by atoms with Gasteiger partial charge in [0.1, 0.15) is 0 Å². The Morgan fingerprint density at radius 1 is 0.952 bits per heavy atom. The molecular formula is C17H18N4. The second kappa shape index (κ2) is 6.33. The predicted molar refractivity (Wildman–Crippen MR) is 82.7 cm³/mol. The van der Waals surface area contributed by atoms with E-state index in [1.807, 2.05) is 43.0 Å². The van der Waals surface area contributed by atoms with Crippen molar-refractivity contribution in [2.75, 3.05) is 0 Å². The molecule has 0 aliphatic rings. The van der Waals surface area contributed by atoms with Gasteiger partial charge in [-0.25, -0.2) is 0 Å². The molecule has 4 nitrogen and oxygen atoms in total. The van der Waals surface area contributed by atoms with Crippen molar-refractivity contribution >= 4 is 0 Å². The van der Waals surface area contributed by atoms with E-state index < -0.39 is 0 Å². The minimum Gasteiger partial charge on any atom is -0.299 e. The van der Waals surface area contributed by atoms with Crippen LogP contribution in [0.5, 0.6) is 0 Å². The average Bonchev–Trinajstić information content (AvgIpc) is 3.09. The molecule has 0 aliphatic heterocycles. The molecule has 3 aromatic rings. The number of H-pyrrole nitrogens is 1. The first-order valence-corrected chi connectivity index (χ1v) is 7.04. The molecule has 3 rings (SSSR count). The molecule has 0 radical (unpaired) electrons. The SMILES string of the molecule is CC(NC(c1ccccc1)c1ccncc1)c1cn[nH]c1. The van der Waals surface area contributed by atoms with Crippen molar-refractivity contribution in [3.8, 4) is 0 Å². The van der Waals surface area contributed by atoms with Crippen molar-refractivity contribution in [2.24, 2.45) is 0 Å². The van der Waals surface area contributed by atoms with Crippen LogP contribution in [0.25, 0.3) is 0 Å². The van der Waals surface area contributed by atoms with Crippen LogP contribution in [0, 0.1) is 0 Å². The number of hydrogen-bond acceptors (Lipinski definition) is 3. The van der Waals surface area contributed by atoms with Gasteiger partial charge in [0.15, 0.2) is 0 Å². The van der Waals surface area contributed by atoms with Crippen molar-refractivity contribution in [3.05, 3.63) is 83.9 Å². The maximum atomic E-state index is 4.11. The van der Waals surface area contributed by atoms with Gasteiger partial charge >= 0.3 is 0 Å². The first kappa shape index (κ1) is 13.5. The van der Waals surface area contributed by atoms with Crippen molar-refractivity contribution in [1.82, 2.24) is 20.5 Å². The summed E-state index contributed by atoms with van der Waals surface area (Å²) >= 11 is 0. The summed E-state index contributed by atoms with van der Waals surface area (Å²) in [5, 5.41) is 10.5. The van der Waals surface area contributed by atoms with E-state index in [-0.39, 0.29) is 12.1 Å². The molecule has 0 aliphatic carbocycles. The van der Waals surface area contributed by atoms with Crippen LogP contribution in [-0.2, 0) is 0 Å². The number of aromatic amines is 1. The summed E-state index contributed by atoms with van der Waals surface area (Å²) in [6, 6.07) is 14.9. The molecule has 1 aromatic carbocycles. The van der Waals surface area contributed by atoms with Crippen LogP contribution >= 0.6 is 0 Å². The summed E-state index contributed by atoms with van der Waals surface area (Å²) in [5.41, 5.74) is 3.58. The Morgan fingerprint density at radius 3 is 2.33 bits per heavy atom. The third-order valence-electron chi connectivity index (χ3n) is 3.61. The van der Waals surface area contributed by atoms with E-state index in [4.69, 9.17) is 0 Å². The Kier molecular flexibility index (Phi) is 4.07. The summed E-state index contributed by atoms with van der Waals surface area (Å²) < 4.78 is 0. The monoisotopic (exact) mass is 278 g/mol. The van der Waals surface area contributed by atoms with Gasteiger partial charge in [0.2, 0.25) is 0 Å². The van der Waals surface area contributed by atoms with E-state index in [0.717, 1.165) is 5.56 Å². The maximum Gasteiger partial charge on any atom is 0.0582 e. The summed E-state index contributed by atoms with van der Waals surface area (Å²) in [4.78, 5) is 4.11. The number of aromatic nitrogens is 3. The Balaban J connectivity index is 1.90. The van der Waals surface area contributed by atoms with Crippen molar-refractivity contribution in [3.63, 3.8) is 0 Å².